The number of nitrogens with two attached hydrogens (primary N) is 1. The normalized spacial score (nSPS) is 10.6. The number of nitrogens with zero attached hydrogens (tertiary/aromatic N) is 2. The first-order valence-corrected chi connectivity index (χ1v) is 7.17. The van der Waals surface area contributed by atoms with E-state index < -0.39 is 5.97 Å². The molecular weight excluding hydrogens is 310 g/mol. The number of benzene rings is 1. The Hall–Kier alpha value is -3.22. The molecule has 0 aliphatic rings. The Kier molecular flexibility index (Phi) is 3.99. The molecule has 0 radical (unpaired) electrons. The number of esters is 1. The second kappa shape index (κ2) is 6.11. The van der Waals surface area contributed by atoms with Gasteiger partial charge in [-0.25, -0.2) is 9.78 Å². The van der Waals surface area contributed by atoms with E-state index in [9.17, 15) is 4.79 Å². The van der Waals surface area contributed by atoms with Crippen LogP contribution >= 0.6 is 0 Å². The predicted octanol–water partition coefficient (Wildman–Crippen LogP) is 2.39. The Morgan fingerprint density at radius 3 is 2.33 bits per heavy atom. The largest absolute Gasteiger partial charge is 0.497 e. The molecule has 24 heavy (non-hydrogen) atoms. The van der Waals surface area contributed by atoms with Gasteiger partial charge >= 0.3 is 5.97 Å². The van der Waals surface area contributed by atoms with Crippen molar-refractivity contribution in [3.63, 3.8) is 0 Å². The number of hydrogen-bond acceptors (Lipinski definition) is 6. The third-order valence-corrected chi connectivity index (χ3v) is 3.70. The van der Waals surface area contributed by atoms with E-state index >= 15 is 0 Å². The standard InChI is InChI=1S/C17H17N3O4/c1-22-11-7-10(8-12(9-11)23-2)15-16(18)20-13(17(21)24-3)5-4-6-14(20)19-15/h4-9H,18H2,1-3H3. The minimum atomic E-state index is -0.487. The Labute approximate surface area is 138 Å². The first kappa shape index (κ1) is 15.7. The molecule has 7 nitrogen and oxygen atoms in total. The van der Waals surface area contributed by atoms with E-state index in [2.05, 4.69) is 4.98 Å². The van der Waals surface area contributed by atoms with Crippen LogP contribution in [-0.4, -0.2) is 36.7 Å². The molecule has 0 aliphatic carbocycles. The monoisotopic (exact) mass is 327 g/mol. The molecule has 0 spiro atoms. The van der Waals surface area contributed by atoms with Crippen molar-refractivity contribution < 1.29 is 19.0 Å². The van der Waals surface area contributed by atoms with Gasteiger partial charge in [-0.15, -0.1) is 0 Å². The van der Waals surface area contributed by atoms with Crippen molar-refractivity contribution in [3.05, 3.63) is 42.1 Å². The van der Waals surface area contributed by atoms with E-state index in [4.69, 9.17) is 19.9 Å². The van der Waals surface area contributed by atoms with Crippen LogP contribution in [0.5, 0.6) is 11.5 Å². The topological polar surface area (TPSA) is 88.1 Å². The van der Waals surface area contributed by atoms with Crippen LogP contribution in [0.2, 0.25) is 0 Å². The minimum absolute atomic E-state index is 0.307. The molecule has 0 unspecified atom stereocenters. The average Bonchev–Trinajstić information content (AvgIpc) is 2.97. The minimum Gasteiger partial charge on any atom is -0.497 e. The lowest BCUT2D eigenvalue weighted by molar-refractivity contribution is 0.0592. The van der Waals surface area contributed by atoms with Gasteiger partial charge in [0.25, 0.3) is 0 Å². The lowest BCUT2D eigenvalue weighted by Gasteiger charge is -2.08. The number of hydrogen-bond donors (Lipinski definition) is 1. The number of aromatic nitrogens is 2. The summed E-state index contributed by atoms with van der Waals surface area (Å²) >= 11 is 0. The van der Waals surface area contributed by atoms with Crippen molar-refractivity contribution in [2.75, 3.05) is 27.1 Å². The Morgan fingerprint density at radius 2 is 1.75 bits per heavy atom. The van der Waals surface area contributed by atoms with Crippen molar-refractivity contribution in [1.29, 1.82) is 0 Å². The van der Waals surface area contributed by atoms with E-state index in [1.807, 2.05) is 0 Å². The van der Waals surface area contributed by atoms with Crippen LogP contribution in [-0.2, 0) is 4.74 Å². The maximum atomic E-state index is 12.0. The Bertz CT molecular complexity index is 895. The van der Waals surface area contributed by atoms with Crippen molar-refractivity contribution in [3.8, 4) is 22.8 Å². The predicted molar refractivity (Wildman–Crippen MR) is 89.5 cm³/mol. The van der Waals surface area contributed by atoms with Crippen LogP contribution in [0.15, 0.2) is 36.4 Å². The van der Waals surface area contributed by atoms with E-state index in [1.165, 1.54) is 7.11 Å². The second-order valence-corrected chi connectivity index (χ2v) is 5.04. The quantitative estimate of drug-likeness (QED) is 0.740. The number of carbonyl (C=O) groups excluding carboxylic acids is 1. The lowest BCUT2D eigenvalue weighted by atomic mass is 10.1. The Balaban J connectivity index is 2.25. The van der Waals surface area contributed by atoms with Gasteiger partial charge in [-0.2, -0.15) is 0 Å². The van der Waals surface area contributed by atoms with Crippen LogP contribution in [0.4, 0.5) is 5.82 Å². The molecule has 0 bridgehead atoms. The highest BCUT2D eigenvalue weighted by Crippen LogP contribution is 2.33. The summed E-state index contributed by atoms with van der Waals surface area (Å²) in [6, 6.07) is 10.5. The van der Waals surface area contributed by atoms with Gasteiger partial charge in [0.2, 0.25) is 0 Å². The molecule has 2 aromatic heterocycles. The fourth-order valence-electron chi connectivity index (χ4n) is 2.54. The molecule has 2 N–H and O–H groups in total. The second-order valence-electron chi connectivity index (χ2n) is 5.04. The number of methoxy groups -OCH3 is 3. The summed E-state index contributed by atoms with van der Waals surface area (Å²) in [6.07, 6.45) is 0. The molecule has 0 aliphatic heterocycles. The lowest BCUT2D eigenvalue weighted by Crippen LogP contribution is -2.09. The number of nitrogen functional groups attached to an aromatic ring is 1. The zero-order chi connectivity index (χ0) is 17.3. The molecule has 1 aromatic carbocycles. The molecule has 2 heterocycles. The van der Waals surface area contributed by atoms with Gasteiger partial charge in [0, 0.05) is 11.6 Å². The Morgan fingerprint density at radius 1 is 1.08 bits per heavy atom. The van der Waals surface area contributed by atoms with E-state index in [-0.39, 0.29) is 0 Å². The van der Waals surface area contributed by atoms with Gasteiger partial charge in [0.05, 0.1) is 21.3 Å². The number of anilines is 1. The van der Waals surface area contributed by atoms with Gasteiger partial charge in [-0.1, -0.05) is 6.07 Å². The summed E-state index contributed by atoms with van der Waals surface area (Å²) in [6.45, 7) is 0. The highest BCUT2D eigenvalue weighted by molar-refractivity contribution is 5.90. The first-order valence-electron chi connectivity index (χ1n) is 7.17. The number of pyridine rings is 1. The van der Waals surface area contributed by atoms with Crippen molar-refractivity contribution in [2.45, 2.75) is 0 Å². The van der Waals surface area contributed by atoms with Crippen LogP contribution < -0.4 is 15.2 Å². The van der Waals surface area contributed by atoms with Gasteiger partial charge in [-0.3, -0.25) is 4.40 Å². The van der Waals surface area contributed by atoms with Crippen LogP contribution in [0.3, 0.4) is 0 Å². The van der Waals surface area contributed by atoms with Crippen molar-refractivity contribution >= 4 is 17.4 Å². The molecule has 3 rings (SSSR count). The highest BCUT2D eigenvalue weighted by Gasteiger charge is 2.18. The van der Waals surface area contributed by atoms with Gasteiger partial charge in [-0.05, 0) is 24.3 Å². The fourth-order valence-corrected chi connectivity index (χ4v) is 2.54. The summed E-state index contributed by atoms with van der Waals surface area (Å²) in [7, 11) is 4.46. The van der Waals surface area contributed by atoms with E-state index in [0.717, 1.165) is 5.56 Å². The van der Waals surface area contributed by atoms with Crippen LogP contribution in [0.25, 0.3) is 16.9 Å². The summed E-state index contributed by atoms with van der Waals surface area (Å²) in [5, 5.41) is 0. The molecule has 0 saturated heterocycles. The van der Waals surface area contributed by atoms with Crippen LogP contribution in [0.1, 0.15) is 10.5 Å². The molecule has 124 valence electrons. The zero-order valence-electron chi connectivity index (χ0n) is 13.6. The zero-order valence-corrected chi connectivity index (χ0v) is 13.6. The van der Waals surface area contributed by atoms with Gasteiger partial charge in [0.15, 0.2) is 0 Å². The molecule has 0 fully saturated rings. The average molecular weight is 327 g/mol. The van der Waals surface area contributed by atoms with Gasteiger partial charge < -0.3 is 19.9 Å². The number of carbonyl (C=O) groups is 1. The molecule has 3 aromatic rings. The van der Waals surface area contributed by atoms with Crippen LogP contribution in [0, 0.1) is 0 Å². The summed E-state index contributed by atoms with van der Waals surface area (Å²) in [4.78, 5) is 16.5. The third-order valence-electron chi connectivity index (χ3n) is 3.70. The van der Waals surface area contributed by atoms with Gasteiger partial charge in [0.1, 0.15) is 34.4 Å². The third kappa shape index (κ3) is 2.50. The first-order chi connectivity index (χ1) is 11.6. The van der Waals surface area contributed by atoms with E-state index in [0.29, 0.717) is 34.4 Å². The van der Waals surface area contributed by atoms with E-state index in [1.54, 1.807) is 55.0 Å². The maximum absolute atomic E-state index is 12.0. The molecular formula is C17H17N3O4. The number of rotatable bonds is 4. The van der Waals surface area contributed by atoms with Crippen molar-refractivity contribution in [1.82, 2.24) is 9.38 Å². The molecule has 0 saturated carbocycles. The number of imidazole rings is 1. The summed E-state index contributed by atoms with van der Waals surface area (Å²) in [5.74, 6) is 1.09. The van der Waals surface area contributed by atoms with Crippen molar-refractivity contribution in [2.24, 2.45) is 0 Å². The highest BCUT2D eigenvalue weighted by atomic mass is 16.5. The number of fused-ring (bicyclic) bond motifs is 1. The maximum Gasteiger partial charge on any atom is 0.355 e. The molecule has 7 heteroatoms. The summed E-state index contributed by atoms with van der Waals surface area (Å²) < 4.78 is 16.9. The molecule has 0 atom stereocenters. The smallest absolute Gasteiger partial charge is 0.355 e. The summed E-state index contributed by atoms with van der Waals surface area (Å²) in [5.41, 5.74) is 8.37. The fraction of sp³-hybridized carbons (Fsp3) is 0.176. The SMILES string of the molecule is COC(=O)c1cccc2nc(-c3cc(OC)cc(OC)c3)c(N)n12. The number of ether oxygens (including phenoxy) is 3. The molecule has 0 amide bonds.